The zero-order valence-corrected chi connectivity index (χ0v) is 9.35. The number of nitrogens with one attached hydrogen (secondary N) is 2. The molecule has 0 aliphatic carbocycles. The van der Waals surface area contributed by atoms with Gasteiger partial charge in [-0.3, -0.25) is 0 Å². The van der Waals surface area contributed by atoms with E-state index in [9.17, 15) is 4.79 Å². The summed E-state index contributed by atoms with van der Waals surface area (Å²) in [5.41, 5.74) is 3.61. The van der Waals surface area contributed by atoms with Crippen LogP contribution in [0.25, 0.3) is 0 Å². The molecule has 3 heteroatoms. The van der Waals surface area contributed by atoms with E-state index >= 15 is 0 Å². The third-order valence-electron chi connectivity index (χ3n) is 1.97. The largest absolute Gasteiger partial charge is 0.323 e. The van der Waals surface area contributed by atoms with Gasteiger partial charge in [-0.1, -0.05) is 18.7 Å². The molecule has 80 valence electrons. The van der Waals surface area contributed by atoms with Gasteiger partial charge in [0.05, 0.1) is 0 Å². The highest BCUT2D eigenvalue weighted by atomic mass is 16.2. The van der Waals surface area contributed by atoms with Gasteiger partial charge in [-0.2, -0.15) is 0 Å². The van der Waals surface area contributed by atoms with Gasteiger partial charge in [0.2, 0.25) is 0 Å². The Morgan fingerprint density at radius 1 is 1.33 bits per heavy atom. The number of carbonyl (C=O) groups is 1. The van der Waals surface area contributed by atoms with Crippen molar-refractivity contribution in [3.05, 3.63) is 41.6 Å². The fraction of sp³-hybridized carbons (Fsp3) is 0.250. The second kappa shape index (κ2) is 4.64. The molecule has 0 heterocycles. The van der Waals surface area contributed by atoms with Gasteiger partial charge in [-0.15, -0.1) is 0 Å². The van der Waals surface area contributed by atoms with Crippen LogP contribution in [-0.4, -0.2) is 6.03 Å². The number of amides is 2. The van der Waals surface area contributed by atoms with Crippen LogP contribution in [0, 0.1) is 13.8 Å². The molecule has 1 aromatic rings. The number of allylic oxidation sites excluding steroid dienone is 1. The quantitative estimate of drug-likeness (QED) is 0.764. The summed E-state index contributed by atoms with van der Waals surface area (Å²) >= 11 is 0. The van der Waals surface area contributed by atoms with Gasteiger partial charge in [0.25, 0.3) is 0 Å². The average molecular weight is 204 g/mol. The van der Waals surface area contributed by atoms with Crippen LogP contribution in [0.1, 0.15) is 18.1 Å². The number of hydrogen-bond acceptors (Lipinski definition) is 1. The van der Waals surface area contributed by atoms with E-state index in [-0.39, 0.29) is 6.03 Å². The van der Waals surface area contributed by atoms with Crippen molar-refractivity contribution >= 4 is 11.7 Å². The fourth-order valence-corrected chi connectivity index (χ4v) is 1.22. The van der Waals surface area contributed by atoms with Crippen molar-refractivity contribution in [1.82, 2.24) is 5.32 Å². The molecule has 0 radical (unpaired) electrons. The van der Waals surface area contributed by atoms with Crippen molar-refractivity contribution in [1.29, 1.82) is 0 Å². The number of benzene rings is 1. The number of rotatable bonds is 2. The topological polar surface area (TPSA) is 41.1 Å². The van der Waals surface area contributed by atoms with Crippen LogP contribution in [-0.2, 0) is 0 Å². The normalized spacial score (nSPS) is 9.53. The van der Waals surface area contributed by atoms with Crippen molar-refractivity contribution < 1.29 is 4.79 Å². The lowest BCUT2D eigenvalue weighted by atomic mass is 10.1. The van der Waals surface area contributed by atoms with Gasteiger partial charge in [0.1, 0.15) is 0 Å². The Bertz CT molecular complexity index is 397. The number of hydrogen-bond donors (Lipinski definition) is 2. The highest BCUT2D eigenvalue weighted by Crippen LogP contribution is 2.15. The molecule has 0 fully saturated rings. The standard InChI is InChI=1S/C12H16N2O/c1-8(2)13-12(15)14-11-7-9(3)5-6-10(11)4/h5-7H,1H2,2-4H3,(H2,13,14,15). The molecule has 1 rings (SSSR count). The predicted octanol–water partition coefficient (Wildman–Crippen LogP) is 2.96. The van der Waals surface area contributed by atoms with Crippen LogP contribution >= 0.6 is 0 Å². The molecule has 3 nitrogen and oxygen atoms in total. The molecule has 0 unspecified atom stereocenters. The summed E-state index contributed by atoms with van der Waals surface area (Å²) in [7, 11) is 0. The summed E-state index contributed by atoms with van der Waals surface area (Å²) in [6.07, 6.45) is 0. The monoisotopic (exact) mass is 204 g/mol. The molecule has 1 aromatic carbocycles. The van der Waals surface area contributed by atoms with E-state index in [1.54, 1.807) is 6.92 Å². The van der Waals surface area contributed by atoms with E-state index in [0.717, 1.165) is 16.8 Å². The molecule has 0 saturated heterocycles. The lowest BCUT2D eigenvalue weighted by Gasteiger charge is -2.10. The number of anilines is 1. The summed E-state index contributed by atoms with van der Waals surface area (Å²) in [4.78, 5) is 11.4. The Labute approximate surface area is 90.2 Å². The lowest BCUT2D eigenvalue weighted by molar-refractivity contribution is 0.254. The molecule has 2 amide bonds. The van der Waals surface area contributed by atoms with Gasteiger partial charge >= 0.3 is 6.03 Å². The van der Waals surface area contributed by atoms with Gasteiger partial charge in [0.15, 0.2) is 0 Å². The zero-order valence-electron chi connectivity index (χ0n) is 9.35. The maximum Gasteiger partial charge on any atom is 0.323 e. The van der Waals surface area contributed by atoms with Crippen LogP contribution in [0.15, 0.2) is 30.5 Å². The third-order valence-corrected chi connectivity index (χ3v) is 1.97. The first-order valence-electron chi connectivity index (χ1n) is 4.80. The third kappa shape index (κ3) is 3.46. The Kier molecular flexibility index (Phi) is 3.50. The molecule has 0 spiro atoms. The molecule has 0 saturated carbocycles. The summed E-state index contributed by atoms with van der Waals surface area (Å²) in [5, 5.41) is 5.36. The fourth-order valence-electron chi connectivity index (χ4n) is 1.22. The lowest BCUT2D eigenvalue weighted by Crippen LogP contribution is -2.26. The molecule has 0 aliphatic rings. The van der Waals surface area contributed by atoms with Crippen molar-refractivity contribution in [2.24, 2.45) is 0 Å². The molecule has 0 aromatic heterocycles. The number of urea groups is 1. The first-order valence-corrected chi connectivity index (χ1v) is 4.80. The van der Waals surface area contributed by atoms with Crippen molar-refractivity contribution in [2.75, 3.05) is 5.32 Å². The Morgan fingerprint density at radius 2 is 2.00 bits per heavy atom. The van der Waals surface area contributed by atoms with E-state index in [1.165, 1.54) is 0 Å². The van der Waals surface area contributed by atoms with Crippen LogP contribution in [0.4, 0.5) is 10.5 Å². The van der Waals surface area contributed by atoms with Gasteiger partial charge in [-0.25, -0.2) is 4.79 Å². The summed E-state index contributed by atoms with van der Waals surface area (Å²) in [6.45, 7) is 9.29. The highest BCUT2D eigenvalue weighted by molar-refractivity contribution is 5.91. The number of carbonyl (C=O) groups excluding carboxylic acids is 1. The van der Waals surface area contributed by atoms with Crippen molar-refractivity contribution in [3.8, 4) is 0 Å². The predicted molar refractivity (Wildman–Crippen MR) is 62.9 cm³/mol. The number of aryl methyl sites for hydroxylation is 2. The Hall–Kier alpha value is -1.77. The van der Waals surface area contributed by atoms with Crippen LogP contribution < -0.4 is 10.6 Å². The first kappa shape index (κ1) is 11.3. The van der Waals surface area contributed by atoms with Gasteiger partial charge in [0, 0.05) is 11.4 Å². The second-order valence-corrected chi connectivity index (χ2v) is 3.68. The summed E-state index contributed by atoms with van der Waals surface area (Å²) in [6, 6.07) is 5.67. The summed E-state index contributed by atoms with van der Waals surface area (Å²) in [5.74, 6) is 0. The van der Waals surface area contributed by atoms with E-state index in [4.69, 9.17) is 0 Å². The van der Waals surface area contributed by atoms with Crippen molar-refractivity contribution in [2.45, 2.75) is 20.8 Å². The van der Waals surface area contributed by atoms with E-state index in [0.29, 0.717) is 5.70 Å². The van der Waals surface area contributed by atoms with Crippen molar-refractivity contribution in [3.63, 3.8) is 0 Å². The van der Waals surface area contributed by atoms with E-state index < -0.39 is 0 Å². The summed E-state index contributed by atoms with van der Waals surface area (Å²) < 4.78 is 0. The smallest absolute Gasteiger partial charge is 0.312 e. The van der Waals surface area contributed by atoms with E-state index in [1.807, 2.05) is 32.0 Å². The average Bonchev–Trinajstić information content (AvgIpc) is 2.10. The molecule has 2 N–H and O–H groups in total. The molecule has 15 heavy (non-hydrogen) atoms. The van der Waals surface area contributed by atoms with Gasteiger partial charge in [-0.05, 0) is 38.0 Å². The molecule has 0 bridgehead atoms. The minimum atomic E-state index is -0.254. The maximum atomic E-state index is 11.4. The molecule has 0 atom stereocenters. The Morgan fingerprint density at radius 3 is 2.60 bits per heavy atom. The first-order chi connectivity index (χ1) is 6.99. The van der Waals surface area contributed by atoms with Crippen LogP contribution in [0.3, 0.4) is 0 Å². The minimum absolute atomic E-state index is 0.254. The SMILES string of the molecule is C=C(C)NC(=O)Nc1cc(C)ccc1C. The van der Waals surface area contributed by atoms with Gasteiger partial charge < -0.3 is 10.6 Å². The zero-order chi connectivity index (χ0) is 11.4. The maximum absolute atomic E-state index is 11.4. The minimum Gasteiger partial charge on any atom is -0.312 e. The van der Waals surface area contributed by atoms with Crippen LogP contribution in [0.2, 0.25) is 0 Å². The molecule has 0 aliphatic heterocycles. The molecular formula is C12H16N2O. The second-order valence-electron chi connectivity index (χ2n) is 3.68. The molecular weight excluding hydrogens is 188 g/mol. The van der Waals surface area contributed by atoms with Crippen LogP contribution in [0.5, 0.6) is 0 Å². The Balaban J connectivity index is 2.76. The van der Waals surface area contributed by atoms with E-state index in [2.05, 4.69) is 17.2 Å². The highest BCUT2D eigenvalue weighted by Gasteiger charge is 2.03.